The van der Waals surface area contributed by atoms with Gasteiger partial charge in [0.05, 0.1) is 12.7 Å². The highest BCUT2D eigenvalue weighted by Gasteiger charge is 2.22. The van der Waals surface area contributed by atoms with Crippen molar-refractivity contribution in [1.82, 2.24) is 4.90 Å². The third kappa shape index (κ3) is 5.82. The van der Waals surface area contributed by atoms with E-state index < -0.39 is 0 Å². The Morgan fingerprint density at radius 2 is 1.87 bits per heavy atom. The zero-order valence-corrected chi connectivity index (χ0v) is 15.6. The minimum atomic E-state index is 0.374. The molecule has 1 heterocycles. The van der Waals surface area contributed by atoms with Crippen LogP contribution in [-0.4, -0.2) is 51.3 Å². The molecule has 1 saturated heterocycles. The predicted octanol–water partition coefficient (Wildman–Crippen LogP) is 3.99. The molecule has 130 valence electrons. The van der Waals surface area contributed by atoms with Gasteiger partial charge in [0.2, 0.25) is 0 Å². The number of nitrogens with zero attached hydrogens (tertiary/aromatic N) is 2. The molecule has 3 heteroatoms. The molecular weight excluding hydrogens is 284 g/mol. The second-order valence-corrected chi connectivity index (χ2v) is 7.60. The second-order valence-electron chi connectivity index (χ2n) is 7.60. The van der Waals surface area contributed by atoms with Crippen LogP contribution in [0.1, 0.15) is 45.1 Å². The van der Waals surface area contributed by atoms with Gasteiger partial charge in [0.15, 0.2) is 0 Å². The molecule has 0 bridgehead atoms. The number of hydrogen-bond acceptors (Lipinski definition) is 3. The third-order valence-corrected chi connectivity index (χ3v) is 4.84. The van der Waals surface area contributed by atoms with Gasteiger partial charge in [0.25, 0.3) is 0 Å². The number of hydrogen-bond donors (Lipinski definition) is 0. The lowest BCUT2D eigenvalue weighted by Gasteiger charge is -2.34. The first kappa shape index (κ1) is 18.3. The van der Waals surface area contributed by atoms with Crippen molar-refractivity contribution in [3.63, 3.8) is 0 Å². The van der Waals surface area contributed by atoms with Crippen molar-refractivity contribution in [2.45, 2.75) is 45.6 Å². The summed E-state index contributed by atoms with van der Waals surface area (Å²) in [6, 6.07) is 8.95. The van der Waals surface area contributed by atoms with E-state index in [-0.39, 0.29) is 0 Å². The highest BCUT2D eigenvalue weighted by Crippen LogP contribution is 2.25. The molecular formula is C20H34N2O. The third-order valence-electron chi connectivity index (χ3n) is 4.84. The predicted molar refractivity (Wildman–Crippen MR) is 99.4 cm³/mol. The van der Waals surface area contributed by atoms with Gasteiger partial charge in [-0.3, -0.25) is 4.90 Å². The van der Waals surface area contributed by atoms with Gasteiger partial charge in [-0.1, -0.05) is 32.9 Å². The van der Waals surface area contributed by atoms with Crippen LogP contribution < -0.4 is 4.90 Å². The van der Waals surface area contributed by atoms with E-state index in [2.05, 4.69) is 68.9 Å². The smallest absolute Gasteiger partial charge is 0.0708 e. The highest BCUT2D eigenvalue weighted by atomic mass is 16.5. The van der Waals surface area contributed by atoms with Crippen LogP contribution in [0.4, 0.5) is 5.69 Å². The van der Waals surface area contributed by atoms with Crippen LogP contribution in [0.5, 0.6) is 0 Å². The molecule has 1 aromatic rings. The summed E-state index contributed by atoms with van der Waals surface area (Å²) in [6.45, 7) is 11.2. The average molecular weight is 319 g/mol. The fraction of sp³-hybridized carbons (Fsp3) is 0.700. The molecule has 1 aromatic carbocycles. The molecule has 23 heavy (non-hydrogen) atoms. The minimum Gasteiger partial charge on any atom is -0.378 e. The van der Waals surface area contributed by atoms with Crippen LogP contribution in [0.3, 0.4) is 0 Å². The van der Waals surface area contributed by atoms with Crippen LogP contribution in [0, 0.1) is 5.92 Å². The fourth-order valence-electron chi connectivity index (χ4n) is 3.20. The maximum atomic E-state index is 6.02. The Hall–Kier alpha value is -1.06. The lowest BCUT2D eigenvalue weighted by atomic mass is 9.94. The quantitative estimate of drug-likeness (QED) is 0.756. The van der Waals surface area contributed by atoms with E-state index in [1.54, 1.807) is 0 Å². The lowest BCUT2D eigenvalue weighted by Crippen LogP contribution is -2.43. The van der Waals surface area contributed by atoms with Gasteiger partial charge in [0.1, 0.15) is 0 Å². The molecule has 0 N–H and O–H groups in total. The minimum absolute atomic E-state index is 0.374. The normalized spacial score (nSPS) is 20.7. The maximum Gasteiger partial charge on any atom is 0.0708 e. The molecule has 0 amide bonds. The molecule has 0 aromatic heterocycles. The van der Waals surface area contributed by atoms with Gasteiger partial charge in [-0.05, 0) is 48.9 Å². The molecule has 0 radical (unpaired) electrons. The van der Waals surface area contributed by atoms with E-state index in [9.17, 15) is 0 Å². The highest BCUT2D eigenvalue weighted by molar-refractivity contribution is 5.46. The molecule has 2 atom stereocenters. The Balaban J connectivity index is 1.85. The number of anilines is 1. The van der Waals surface area contributed by atoms with Crippen LogP contribution in [0.25, 0.3) is 0 Å². The van der Waals surface area contributed by atoms with E-state index in [4.69, 9.17) is 4.74 Å². The Labute approximate surface area is 142 Å². The van der Waals surface area contributed by atoms with Gasteiger partial charge < -0.3 is 9.64 Å². The Morgan fingerprint density at radius 1 is 1.17 bits per heavy atom. The standard InChI is InChI=1S/C20H34N2O/c1-16(2)10-11-22-12-13-23-20(15-22)14-17(3)18-6-8-19(9-7-18)21(4)5/h6-9,16-17,20H,10-15H2,1-5H3. The van der Waals surface area contributed by atoms with E-state index in [1.165, 1.54) is 24.2 Å². The van der Waals surface area contributed by atoms with Gasteiger partial charge >= 0.3 is 0 Å². The Kier molecular flexibility index (Phi) is 6.91. The monoisotopic (exact) mass is 318 g/mol. The second kappa shape index (κ2) is 8.70. The molecule has 0 saturated carbocycles. The van der Waals surface area contributed by atoms with E-state index >= 15 is 0 Å². The average Bonchev–Trinajstić information content (AvgIpc) is 2.53. The number of ether oxygens (including phenoxy) is 1. The van der Waals surface area contributed by atoms with Crippen molar-refractivity contribution in [3.05, 3.63) is 29.8 Å². The fourth-order valence-corrected chi connectivity index (χ4v) is 3.20. The molecule has 1 aliphatic rings. The van der Waals surface area contributed by atoms with Gasteiger partial charge in [0, 0.05) is 32.9 Å². The number of rotatable bonds is 7. The van der Waals surface area contributed by atoms with Crippen LogP contribution in [-0.2, 0) is 4.74 Å². The zero-order valence-electron chi connectivity index (χ0n) is 15.6. The van der Waals surface area contributed by atoms with Gasteiger partial charge in [-0.15, -0.1) is 0 Å². The van der Waals surface area contributed by atoms with E-state index in [0.717, 1.165) is 32.0 Å². The first-order valence-electron chi connectivity index (χ1n) is 9.07. The molecule has 1 fully saturated rings. The summed E-state index contributed by atoms with van der Waals surface area (Å²) >= 11 is 0. The van der Waals surface area contributed by atoms with Crippen LogP contribution in [0.15, 0.2) is 24.3 Å². The topological polar surface area (TPSA) is 15.7 Å². The van der Waals surface area contributed by atoms with Crippen molar-refractivity contribution in [2.75, 3.05) is 45.2 Å². The maximum absolute atomic E-state index is 6.02. The summed E-state index contributed by atoms with van der Waals surface area (Å²) in [7, 11) is 4.17. The molecule has 1 aliphatic heterocycles. The molecule has 0 spiro atoms. The summed E-state index contributed by atoms with van der Waals surface area (Å²) in [4.78, 5) is 4.72. The molecule has 0 aliphatic carbocycles. The Bertz CT molecular complexity index is 455. The number of morpholine rings is 1. The summed E-state index contributed by atoms with van der Waals surface area (Å²) in [5.74, 6) is 1.33. The summed E-state index contributed by atoms with van der Waals surface area (Å²) in [6.07, 6.45) is 2.77. The summed E-state index contributed by atoms with van der Waals surface area (Å²) < 4.78 is 6.02. The van der Waals surface area contributed by atoms with E-state index in [1.807, 2.05) is 0 Å². The van der Waals surface area contributed by atoms with Crippen molar-refractivity contribution in [2.24, 2.45) is 5.92 Å². The van der Waals surface area contributed by atoms with Crippen LogP contribution >= 0.6 is 0 Å². The van der Waals surface area contributed by atoms with E-state index in [0.29, 0.717) is 12.0 Å². The van der Waals surface area contributed by atoms with Crippen molar-refractivity contribution in [3.8, 4) is 0 Å². The summed E-state index contributed by atoms with van der Waals surface area (Å²) in [5, 5.41) is 0. The molecule has 2 rings (SSSR count). The Morgan fingerprint density at radius 3 is 2.48 bits per heavy atom. The first-order valence-corrected chi connectivity index (χ1v) is 9.07. The van der Waals surface area contributed by atoms with Crippen molar-refractivity contribution in [1.29, 1.82) is 0 Å². The largest absolute Gasteiger partial charge is 0.378 e. The summed E-state index contributed by atoms with van der Waals surface area (Å²) in [5.41, 5.74) is 2.67. The van der Waals surface area contributed by atoms with Crippen molar-refractivity contribution < 1.29 is 4.74 Å². The molecule has 2 unspecified atom stereocenters. The van der Waals surface area contributed by atoms with Gasteiger partial charge in [-0.2, -0.15) is 0 Å². The molecule has 3 nitrogen and oxygen atoms in total. The van der Waals surface area contributed by atoms with Crippen LogP contribution in [0.2, 0.25) is 0 Å². The SMILES string of the molecule is CC(C)CCN1CCOC(CC(C)c2ccc(N(C)C)cc2)C1. The first-order chi connectivity index (χ1) is 11.0. The lowest BCUT2D eigenvalue weighted by molar-refractivity contribution is -0.0354. The van der Waals surface area contributed by atoms with Crippen molar-refractivity contribution >= 4 is 5.69 Å². The van der Waals surface area contributed by atoms with Gasteiger partial charge in [-0.25, -0.2) is 0 Å². The zero-order chi connectivity index (χ0) is 16.8. The number of benzene rings is 1.